The summed E-state index contributed by atoms with van der Waals surface area (Å²) in [5.74, 6) is -0.422. The minimum absolute atomic E-state index is 0.0446. The Morgan fingerprint density at radius 1 is 1.13 bits per heavy atom. The molecule has 0 atom stereocenters. The molecule has 8 heteroatoms. The number of likely N-dealkylation sites (tertiary alicyclic amines) is 1. The third-order valence-corrected chi connectivity index (χ3v) is 6.41. The van der Waals surface area contributed by atoms with Gasteiger partial charge in [0.15, 0.2) is 5.78 Å². The van der Waals surface area contributed by atoms with Crippen molar-refractivity contribution in [1.82, 2.24) is 4.90 Å². The zero-order valence-electron chi connectivity index (χ0n) is 16.2. The molecule has 2 aromatic carbocycles. The van der Waals surface area contributed by atoms with Crippen LogP contribution in [0.1, 0.15) is 47.2 Å². The number of aliphatic hydroxyl groups is 1. The molecule has 1 N–H and O–H groups in total. The molecule has 1 fully saturated rings. The first-order valence-electron chi connectivity index (χ1n) is 9.69. The summed E-state index contributed by atoms with van der Waals surface area (Å²) in [6.07, 6.45) is -2.83. The fraction of sp³-hybridized carbons (Fsp3) is 0.409. The van der Waals surface area contributed by atoms with E-state index in [1.165, 1.54) is 30.3 Å². The van der Waals surface area contributed by atoms with Gasteiger partial charge >= 0.3 is 6.18 Å². The van der Waals surface area contributed by atoms with Crippen LogP contribution in [0.2, 0.25) is 0 Å². The summed E-state index contributed by atoms with van der Waals surface area (Å²) in [6, 6.07) is 8.98. The Labute approximate surface area is 186 Å². The lowest BCUT2D eigenvalue weighted by molar-refractivity contribution is -0.137. The number of Topliss-reactive ketones (excluding diaryl/α,β-unsaturated/α-hetero) is 1. The summed E-state index contributed by atoms with van der Waals surface area (Å²) in [4.78, 5) is 14.4. The van der Waals surface area contributed by atoms with Crippen molar-refractivity contribution < 1.29 is 27.5 Å². The predicted octanol–water partition coefficient (Wildman–Crippen LogP) is 5.40. The van der Waals surface area contributed by atoms with Crippen LogP contribution in [0.15, 0.2) is 42.5 Å². The van der Waals surface area contributed by atoms with E-state index in [4.69, 9.17) is 0 Å². The highest BCUT2D eigenvalue weighted by Gasteiger charge is 2.36. The smallest absolute Gasteiger partial charge is 0.385 e. The molecule has 30 heavy (non-hydrogen) atoms. The zero-order chi connectivity index (χ0) is 21.9. The molecule has 2 aromatic rings. The molecule has 3 nitrogen and oxygen atoms in total. The first-order chi connectivity index (χ1) is 14.1. The standard InChI is InChI=1S/C22H22F4INO2/c23-17-6-7-18(19(27)14-17)20(29)5-2-10-28-11-8-21(30,9-12-28)15-3-1-4-16(13-15)22(24,25)26/h1,3-4,6-7,13-14,30H,2,5,8-12H2/i27-2. The van der Waals surface area contributed by atoms with Gasteiger partial charge in [-0.2, -0.15) is 13.2 Å². The molecular formula is C22H22F4INO2. The van der Waals surface area contributed by atoms with Gasteiger partial charge < -0.3 is 10.0 Å². The van der Waals surface area contributed by atoms with Gasteiger partial charge in [0.05, 0.1) is 11.2 Å². The predicted molar refractivity (Wildman–Crippen MR) is 114 cm³/mol. The number of ketones is 1. The van der Waals surface area contributed by atoms with E-state index in [0.717, 1.165) is 12.1 Å². The maximum atomic E-state index is 13.2. The molecule has 0 aliphatic carbocycles. The summed E-state index contributed by atoms with van der Waals surface area (Å²) >= 11 is 1.94. The molecule has 162 valence electrons. The van der Waals surface area contributed by atoms with Crippen molar-refractivity contribution in [2.45, 2.75) is 37.5 Å². The van der Waals surface area contributed by atoms with E-state index in [-0.39, 0.29) is 17.2 Å². The van der Waals surface area contributed by atoms with Crippen molar-refractivity contribution in [3.8, 4) is 0 Å². The van der Waals surface area contributed by atoms with Gasteiger partial charge in [0.2, 0.25) is 0 Å². The summed E-state index contributed by atoms with van der Waals surface area (Å²) < 4.78 is 52.6. The Balaban J connectivity index is 1.51. The Kier molecular flexibility index (Phi) is 7.19. The van der Waals surface area contributed by atoms with E-state index in [9.17, 15) is 27.5 Å². The van der Waals surface area contributed by atoms with Crippen molar-refractivity contribution in [2.24, 2.45) is 0 Å². The van der Waals surface area contributed by atoms with Crippen LogP contribution in [0, 0.1) is 9.39 Å². The number of rotatable bonds is 6. The normalized spacial score (nSPS) is 17.1. The minimum atomic E-state index is -4.44. The molecule has 0 spiro atoms. The Morgan fingerprint density at radius 3 is 2.47 bits per heavy atom. The molecule has 0 saturated carbocycles. The molecule has 1 aliphatic heterocycles. The van der Waals surface area contributed by atoms with Crippen LogP contribution in [-0.4, -0.2) is 35.4 Å². The lowest BCUT2D eigenvalue weighted by atomic mass is 9.83. The third kappa shape index (κ3) is 5.59. The molecule has 0 amide bonds. The summed E-state index contributed by atoms with van der Waals surface area (Å²) in [7, 11) is 0. The molecule has 3 rings (SSSR count). The number of carbonyl (C=O) groups is 1. The van der Waals surface area contributed by atoms with Gasteiger partial charge in [-0.05, 0) is 84.3 Å². The molecule has 0 unspecified atom stereocenters. The molecular weight excluding hydrogens is 511 g/mol. The molecule has 1 saturated heterocycles. The number of carbonyl (C=O) groups excluding carboxylic acids is 1. The highest BCUT2D eigenvalue weighted by molar-refractivity contribution is 14.1. The molecule has 1 heterocycles. The van der Waals surface area contributed by atoms with Gasteiger partial charge in [0.1, 0.15) is 5.82 Å². The van der Waals surface area contributed by atoms with E-state index >= 15 is 0 Å². The second kappa shape index (κ2) is 9.32. The van der Waals surface area contributed by atoms with E-state index in [0.29, 0.717) is 54.5 Å². The van der Waals surface area contributed by atoms with Crippen LogP contribution in [0.5, 0.6) is 0 Å². The van der Waals surface area contributed by atoms with Gasteiger partial charge in [-0.15, -0.1) is 0 Å². The van der Waals surface area contributed by atoms with Crippen LogP contribution >= 0.6 is 22.6 Å². The van der Waals surface area contributed by atoms with Gasteiger partial charge in [-0.1, -0.05) is 12.1 Å². The van der Waals surface area contributed by atoms with Crippen molar-refractivity contribution in [3.63, 3.8) is 0 Å². The van der Waals surface area contributed by atoms with Crippen LogP contribution in [0.25, 0.3) is 0 Å². The fourth-order valence-corrected chi connectivity index (χ4v) is 4.51. The van der Waals surface area contributed by atoms with Gasteiger partial charge in [0, 0.05) is 28.6 Å². The van der Waals surface area contributed by atoms with Gasteiger partial charge in [0.25, 0.3) is 0 Å². The van der Waals surface area contributed by atoms with Crippen LogP contribution < -0.4 is 0 Å². The molecule has 0 bridgehead atoms. The monoisotopic (exact) mass is 533 g/mol. The van der Waals surface area contributed by atoms with E-state index in [1.54, 1.807) is 0 Å². The maximum absolute atomic E-state index is 13.2. The first kappa shape index (κ1) is 23.1. The van der Waals surface area contributed by atoms with Crippen LogP contribution in [0.3, 0.4) is 0 Å². The number of hydrogen-bond donors (Lipinski definition) is 1. The van der Waals surface area contributed by atoms with Crippen LogP contribution in [0.4, 0.5) is 17.6 Å². The Hall–Kier alpha value is -1.52. The number of piperidine rings is 1. The largest absolute Gasteiger partial charge is 0.416 e. The van der Waals surface area contributed by atoms with Crippen molar-refractivity contribution in [1.29, 1.82) is 0 Å². The van der Waals surface area contributed by atoms with E-state index in [2.05, 4.69) is 4.90 Å². The average molecular weight is 533 g/mol. The highest BCUT2D eigenvalue weighted by atomic mass is 125. The van der Waals surface area contributed by atoms with E-state index in [1.807, 2.05) is 22.6 Å². The van der Waals surface area contributed by atoms with E-state index < -0.39 is 17.3 Å². The quantitative estimate of drug-likeness (QED) is 0.308. The summed E-state index contributed by atoms with van der Waals surface area (Å²) in [6.45, 7) is 1.73. The first-order valence-corrected chi connectivity index (χ1v) is 10.8. The number of benzene rings is 2. The summed E-state index contributed by atoms with van der Waals surface area (Å²) in [5.41, 5.74) is -1.24. The maximum Gasteiger partial charge on any atom is 0.416 e. The number of nitrogens with zero attached hydrogens (tertiary/aromatic N) is 1. The van der Waals surface area contributed by atoms with Crippen LogP contribution in [-0.2, 0) is 11.8 Å². The Bertz CT molecular complexity index is 908. The molecule has 0 aromatic heterocycles. The van der Waals surface area contributed by atoms with Crippen molar-refractivity contribution in [3.05, 3.63) is 68.5 Å². The molecule has 0 radical (unpaired) electrons. The number of hydrogen-bond acceptors (Lipinski definition) is 3. The third-order valence-electron chi connectivity index (χ3n) is 5.52. The second-order valence-electron chi connectivity index (χ2n) is 7.60. The topological polar surface area (TPSA) is 40.5 Å². The molecule has 1 aliphatic rings. The number of alkyl halides is 3. The lowest BCUT2D eigenvalue weighted by Gasteiger charge is -2.38. The highest BCUT2D eigenvalue weighted by Crippen LogP contribution is 2.36. The van der Waals surface area contributed by atoms with Gasteiger partial charge in [-0.3, -0.25) is 4.79 Å². The summed E-state index contributed by atoms with van der Waals surface area (Å²) in [5, 5.41) is 10.9. The van der Waals surface area contributed by atoms with Crippen molar-refractivity contribution in [2.75, 3.05) is 19.6 Å². The Morgan fingerprint density at radius 2 is 1.83 bits per heavy atom. The average Bonchev–Trinajstić information content (AvgIpc) is 2.69. The van der Waals surface area contributed by atoms with Crippen molar-refractivity contribution >= 4 is 28.4 Å². The minimum Gasteiger partial charge on any atom is -0.385 e. The lowest BCUT2D eigenvalue weighted by Crippen LogP contribution is -2.43. The zero-order valence-corrected chi connectivity index (χ0v) is 18.3. The number of halogens is 5. The second-order valence-corrected chi connectivity index (χ2v) is 8.76. The fourth-order valence-electron chi connectivity index (χ4n) is 3.73. The SMILES string of the molecule is O=C(CCCN1CCC(O)(c2cccc(C(F)(F)F)c2)CC1)c1ccc(F)cc1[125I]. The van der Waals surface area contributed by atoms with Gasteiger partial charge in [-0.25, -0.2) is 4.39 Å².